The van der Waals surface area contributed by atoms with Gasteiger partial charge in [0.1, 0.15) is 5.82 Å². The monoisotopic (exact) mass is 171 g/mol. The number of nitrogens with one attached hydrogen (secondary N) is 1. The molecule has 0 aromatic carbocycles. The van der Waals surface area contributed by atoms with E-state index >= 15 is 0 Å². The first-order valence-corrected chi connectivity index (χ1v) is 3.56. The molecule has 5 heteroatoms. The summed E-state index contributed by atoms with van der Waals surface area (Å²) >= 11 is 0. The zero-order valence-electron chi connectivity index (χ0n) is 7.42. The summed E-state index contributed by atoms with van der Waals surface area (Å²) in [5.74, 6) is 0.476. The van der Waals surface area contributed by atoms with Crippen molar-refractivity contribution in [3.05, 3.63) is 11.3 Å². The second-order valence-corrected chi connectivity index (χ2v) is 2.45. The Hall–Kier alpha value is -1.07. The first-order valence-electron chi connectivity index (χ1n) is 3.56. The zero-order valence-corrected chi connectivity index (χ0v) is 7.42. The molecular formula is C7H13N3O2. The second-order valence-electron chi connectivity index (χ2n) is 2.45. The van der Waals surface area contributed by atoms with Gasteiger partial charge < -0.3 is 15.2 Å². The van der Waals surface area contributed by atoms with Gasteiger partial charge in [-0.3, -0.25) is 5.10 Å². The fraction of sp³-hybridized carbons (Fsp3) is 0.571. The van der Waals surface area contributed by atoms with Crippen LogP contribution in [-0.2, 0) is 9.47 Å². The van der Waals surface area contributed by atoms with Gasteiger partial charge in [0, 0.05) is 19.8 Å². The van der Waals surface area contributed by atoms with Gasteiger partial charge in [-0.15, -0.1) is 0 Å². The molecule has 0 aliphatic carbocycles. The van der Waals surface area contributed by atoms with Gasteiger partial charge in [0.05, 0.1) is 5.69 Å². The van der Waals surface area contributed by atoms with Crippen molar-refractivity contribution in [2.45, 2.75) is 13.2 Å². The Balaban J connectivity index is 2.93. The summed E-state index contributed by atoms with van der Waals surface area (Å²) < 4.78 is 10.1. The van der Waals surface area contributed by atoms with Gasteiger partial charge in [0.25, 0.3) is 0 Å². The van der Waals surface area contributed by atoms with E-state index in [2.05, 4.69) is 10.2 Å². The third-order valence-electron chi connectivity index (χ3n) is 1.75. The Kier molecular flexibility index (Phi) is 2.67. The largest absolute Gasteiger partial charge is 0.382 e. The molecule has 1 rings (SSSR count). The molecule has 1 aromatic heterocycles. The number of nitrogen functional groups attached to an aromatic ring is 1. The summed E-state index contributed by atoms with van der Waals surface area (Å²) in [5, 5.41) is 6.58. The molecule has 0 unspecified atom stereocenters. The Morgan fingerprint density at radius 3 is 2.33 bits per heavy atom. The van der Waals surface area contributed by atoms with Crippen molar-refractivity contribution in [1.29, 1.82) is 0 Å². The van der Waals surface area contributed by atoms with E-state index in [9.17, 15) is 0 Å². The number of aromatic amines is 1. The standard InChI is InChI=1S/C7H13N3O2/c1-4-5(7(11-2)12-3)9-10-6(4)8/h7H,1-3H3,(H3,8,9,10). The molecule has 0 saturated heterocycles. The molecule has 0 spiro atoms. The van der Waals surface area contributed by atoms with E-state index in [-0.39, 0.29) is 0 Å². The van der Waals surface area contributed by atoms with Crippen LogP contribution in [0.1, 0.15) is 17.5 Å². The number of rotatable bonds is 3. The average Bonchev–Trinajstić information content (AvgIpc) is 2.38. The fourth-order valence-electron chi connectivity index (χ4n) is 0.988. The molecule has 0 fully saturated rings. The smallest absolute Gasteiger partial charge is 0.200 e. The zero-order chi connectivity index (χ0) is 9.14. The lowest BCUT2D eigenvalue weighted by atomic mass is 10.2. The van der Waals surface area contributed by atoms with Crippen LogP contribution >= 0.6 is 0 Å². The summed E-state index contributed by atoms with van der Waals surface area (Å²) in [5.41, 5.74) is 7.16. The highest BCUT2D eigenvalue weighted by molar-refractivity contribution is 5.40. The summed E-state index contributed by atoms with van der Waals surface area (Å²) in [4.78, 5) is 0. The van der Waals surface area contributed by atoms with Crippen molar-refractivity contribution in [3.8, 4) is 0 Å². The summed E-state index contributed by atoms with van der Waals surface area (Å²) in [6.45, 7) is 1.86. The molecule has 12 heavy (non-hydrogen) atoms. The maximum absolute atomic E-state index is 5.53. The molecule has 0 bridgehead atoms. The van der Waals surface area contributed by atoms with Crippen molar-refractivity contribution in [2.24, 2.45) is 0 Å². The lowest BCUT2D eigenvalue weighted by Gasteiger charge is -2.11. The first kappa shape index (κ1) is 9.02. The van der Waals surface area contributed by atoms with Crippen LogP contribution in [0, 0.1) is 6.92 Å². The van der Waals surface area contributed by atoms with E-state index in [0.717, 1.165) is 11.3 Å². The number of methoxy groups -OCH3 is 2. The summed E-state index contributed by atoms with van der Waals surface area (Å²) in [7, 11) is 3.12. The normalized spacial score (nSPS) is 11.0. The lowest BCUT2D eigenvalue weighted by Crippen LogP contribution is -2.05. The van der Waals surface area contributed by atoms with Gasteiger partial charge in [-0.1, -0.05) is 0 Å². The second kappa shape index (κ2) is 3.55. The summed E-state index contributed by atoms with van der Waals surface area (Å²) in [6, 6.07) is 0. The van der Waals surface area contributed by atoms with Crippen LogP contribution in [0.25, 0.3) is 0 Å². The molecule has 1 heterocycles. The Morgan fingerprint density at radius 1 is 1.42 bits per heavy atom. The molecule has 0 radical (unpaired) electrons. The molecule has 0 saturated carbocycles. The van der Waals surface area contributed by atoms with Crippen LogP contribution in [0.2, 0.25) is 0 Å². The van der Waals surface area contributed by atoms with Crippen molar-refractivity contribution in [1.82, 2.24) is 10.2 Å². The maximum atomic E-state index is 5.53. The first-order chi connectivity index (χ1) is 5.70. The minimum Gasteiger partial charge on any atom is -0.382 e. The molecule has 5 nitrogen and oxygen atoms in total. The van der Waals surface area contributed by atoms with Crippen LogP contribution in [0.3, 0.4) is 0 Å². The molecule has 1 aromatic rings. The van der Waals surface area contributed by atoms with Crippen molar-refractivity contribution in [2.75, 3.05) is 20.0 Å². The number of aromatic nitrogens is 2. The fourth-order valence-corrected chi connectivity index (χ4v) is 0.988. The Bertz CT molecular complexity index is 255. The highest BCUT2D eigenvalue weighted by atomic mass is 16.7. The van der Waals surface area contributed by atoms with Gasteiger partial charge in [-0.05, 0) is 6.92 Å². The van der Waals surface area contributed by atoms with Crippen LogP contribution < -0.4 is 5.73 Å². The van der Waals surface area contributed by atoms with Crippen LogP contribution in [0.5, 0.6) is 0 Å². The number of nitrogens with two attached hydrogens (primary N) is 1. The van der Waals surface area contributed by atoms with E-state index in [0.29, 0.717) is 5.82 Å². The highest BCUT2D eigenvalue weighted by Gasteiger charge is 2.15. The van der Waals surface area contributed by atoms with Gasteiger partial charge >= 0.3 is 0 Å². The minimum atomic E-state index is -0.421. The number of hydrogen-bond acceptors (Lipinski definition) is 4. The molecule has 3 N–H and O–H groups in total. The summed E-state index contributed by atoms with van der Waals surface area (Å²) in [6.07, 6.45) is -0.421. The predicted molar refractivity (Wildman–Crippen MR) is 44.5 cm³/mol. The molecule has 0 atom stereocenters. The molecular weight excluding hydrogens is 158 g/mol. The van der Waals surface area contributed by atoms with Gasteiger partial charge in [0.15, 0.2) is 6.29 Å². The van der Waals surface area contributed by atoms with E-state index < -0.39 is 6.29 Å². The van der Waals surface area contributed by atoms with Gasteiger partial charge in [-0.25, -0.2) is 0 Å². The van der Waals surface area contributed by atoms with Crippen molar-refractivity contribution >= 4 is 5.82 Å². The van der Waals surface area contributed by atoms with Crippen LogP contribution in [-0.4, -0.2) is 24.4 Å². The van der Waals surface area contributed by atoms with Crippen LogP contribution in [0.4, 0.5) is 5.82 Å². The predicted octanol–water partition coefficient (Wildman–Crippen LogP) is 0.592. The number of ether oxygens (including phenoxy) is 2. The molecule has 68 valence electrons. The molecule has 0 amide bonds. The maximum Gasteiger partial charge on any atom is 0.200 e. The van der Waals surface area contributed by atoms with E-state index in [4.69, 9.17) is 15.2 Å². The minimum absolute atomic E-state index is 0.421. The third kappa shape index (κ3) is 1.41. The van der Waals surface area contributed by atoms with Crippen molar-refractivity contribution in [3.63, 3.8) is 0 Å². The van der Waals surface area contributed by atoms with Gasteiger partial charge in [-0.2, -0.15) is 5.10 Å². The van der Waals surface area contributed by atoms with Crippen molar-refractivity contribution < 1.29 is 9.47 Å². The number of nitrogens with zero attached hydrogens (tertiary/aromatic N) is 1. The van der Waals surface area contributed by atoms with Gasteiger partial charge in [0.2, 0.25) is 0 Å². The molecule has 0 aliphatic heterocycles. The average molecular weight is 171 g/mol. The molecule has 0 aliphatic rings. The highest BCUT2D eigenvalue weighted by Crippen LogP contribution is 2.21. The number of anilines is 1. The third-order valence-corrected chi connectivity index (χ3v) is 1.75. The topological polar surface area (TPSA) is 73.2 Å². The van der Waals surface area contributed by atoms with E-state index in [1.54, 1.807) is 14.2 Å². The quantitative estimate of drug-likeness (QED) is 0.653. The van der Waals surface area contributed by atoms with E-state index in [1.807, 2.05) is 6.92 Å². The Labute approximate surface area is 70.9 Å². The van der Waals surface area contributed by atoms with Crippen LogP contribution in [0.15, 0.2) is 0 Å². The number of H-pyrrole nitrogens is 1. The van der Waals surface area contributed by atoms with E-state index in [1.165, 1.54) is 0 Å². The SMILES string of the molecule is COC(OC)c1[nH]nc(N)c1C. The number of hydrogen-bond donors (Lipinski definition) is 2. The lowest BCUT2D eigenvalue weighted by molar-refractivity contribution is -0.109. The Morgan fingerprint density at radius 2 is 2.00 bits per heavy atom.